The molecule has 1 amide bonds. The second-order valence-electron chi connectivity index (χ2n) is 8.29. The van der Waals surface area contributed by atoms with E-state index in [9.17, 15) is 4.79 Å². The molecule has 0 saturated carbocycles. The van der Waals surface area contributed by atoms with Crippen molar-refractivity contribution in [3.05, 3.63) is 66.1 Å². The Hall–Kier alpha value is -3.68. The number of rotatable bonds is 4. The average Bonchev–Trinajstić information content (AvgIpc) is 3.36. The molecule has 4 aromatic rings. The zero-order chi connectivity index (χ0) is 22.2. The van der Waals surface area contributed by atoms with Crippen molar-refractivity contribution in [2.75, 3.05) is 31.1 Å². The van der Waals surface area contributed by atoms with Crippen molar-refractivity contribution in [1.29, 1.82) is 0 Å². The molecule has 164 valence electrons. The molecule has 0 bridgehead atoms. The van der Waals surface area contributed by atoms with Gasteiger partial charge in [-0.2, -0.15) is 0 Å². The summed E-state index contributed by atoms with van der Waals surface area (Å²) in [7, 11) is 0. The van der Waals surface area contributed by atoms with E-state index in [2.05, 4.69) is 38.1 Å². The van der Waals surface area contributed by atoms with E-state index in [0.717, 1.165) is 52.8 Å². The summed E-state index contributed by atoms with van der Waals surface area (Å²) in [6.45, 7) is 9.16. The standard InChI is InChI=1S/C24H27N7O/c1-17-18(2)31(16-25-17)23-14-22(26-19(3)27-23)28-10-12-29(13-11-28)24(32)15-30-9-8-20-6-4-5-7-21(20)30/h4-9,14,16H,10-13,15H2,1-3H3. The van der Waals surface area contributed by atoms with E-state index in [0.29, 0.717) is 19.6 Å². The zero-order valence-corrected chi connectivity index (χ0v) is 18.7. The van der Waals surface area contributed by atoms with E-state index in [-0.39, 0.29) is 5.91 Å². The summed E-state index contributed by atoms with van der Waals surface area (Å²) in [5.41, 5.74) is 3.15. The summed E-state index contributed by atoms with van der Waals surface area (Å²) in [4.78, 5) is 30.8. The Labute approximate surface area is 187 Å². The number of amides is 1. The van der Waals surface area contributed by atoms with Crippen LogP contribution in [0.4, 0.5) is 5.82 Å². The van der Waals surface area contributed by atoms with Crippen molar-refractivity contribution in [1.82, 2.24) is 29.0 Å². The average molecular weight is 430 g/mol. The van der Waals surface area contributed by atoms with E-state index in [1.165, 1.54) is 0 Å². The lowest BCUT2D eigenvalue weighted by Crippen LogP contribution is -2.49. The van der Waals surface area contributed by atoms with E-state index in [1.807, 2.05) is 59.2 Å². The molecular weight excluding hydrogens is 402 g/mol. The van der Waals surface area contributed by atoms with Gasteiger partial charge < -0.3 is 14.4 Å². The second-order valence-corrected chi connectivity index (χ2v) is 8.29. The highest BCUT2D eigenvalue weighted by molar-refractivity contribution is 5.83. The number of piperazine rings is 1. The highest BCUT2D eigenvalue weighted by Crippen LogP contribution is 2.20. The molecule has 0 N–H and O–H groups in total. The van der Waals surface area contributed by atoms with Gasteiger partial charge in [0.2, 0.25) is 5.91 Å². The maximum absolute atomic E-state index is 12.9. The van der Waals surface area contributed by atoms with Crippen LogP contribution in [0.3, 0.4) is 0 Å². The molecule has 0 aliphatic carbocycles. The van der Waals surface area contributed by atoms with E-state index < -0.39 is 0 Å². The topological polar surface area (TPSA) is 72.1 Å². The van der Waals surface area contributed by atoms with Crippen molar-refractivity contribution in [3.8, 4) is 5.82 Å². The fourth-order valence-electron chi connectivity index (χ4n) is 4.26. The van der Waals surface area contributed by atoms with Gasteiger partial charge in [-0.3, -0.25) is 9.36 Å². The minimum Gasteiger partial charge on any atom is -0.353 e. The number of imidazole rings is 1. The highest BCUT2D eigenvalue weighted by atomic mass is 16.2. The highest BCUT2D eigenvalue weighted by Gasteiger charge is 2.23. The first kappa shape index (κ1) is 20.2. The molecular formula is C24H27N7O. The van der Waals surface area contributed by atoms with E-state index in [1.54, 1.807) is 6.33 Å². The number of aryl methyl sites for hydroxylation is 2. The number of nitrogens with zero attached hydrogens (tertiary/aromatic N) is 7. The third-order valence-electron chi connectivity index (χ3n) is 6.25. The molecule has 8 nitrogen and oxygen atoms in total. The van der Waals surface area contributed by atoms with Gasteiger partial charge in [0, 0.05) is 49.7 Å². The van der Waals surface area contributed by atoms with Crippen LogP contribution in [0, 0.1) is 20.8 Å². The SMILES string of the molecule is Cc1nc(N2CCN(C(=O)Cn3ccc4ccccc43)CC2)cc(-n2cnc(C)c2C)n1. The summed E-state index contributed by atoms with van der Waals surface area (Å²) in [5.74, 6) is 2.58. The third-order valence-corrected chi connectivity index (χ3v) is 6.25. The van der Waals surface area contributed by atoms with Crippen molar-refractivity contribution >= 4 is 22.6 Å². The Morgan fingerprint density at radius 2 is 1.72 bits per heavy atom. The molecule has 0 radical (unpaired) electrons. The van der Waals surface area contributed by atoms with Crippen molar-refractivity contribution < 1.29 is 4.79 Å². The van der Waals surface area contributed by atoms with E-state index in [4.69, 9.17) is 0 Å². The van der Waals surface area contributed by atoms with Crippen LogP contribution in [0.25, 0.3) is 16.7 Å². The molecule has 4 heterocycles. The van der Waals surface area contributed by atoms with Crippen LogP contribution in [0.15, 0.2) is 48.9 Å². The summed E-state index contributed by atoms with van der Waals surface area (Å²) in [6, 6.07) is 12.2. The Bertz CT molecular complexity index is 1280. The van der Waals surface area contributed by atoms with Gasteiger partial charge in [-0.25, -0.2) is 15.0 Å². The first-order valence-electron chi connectivity index (χ1n) is 10.9. The fraction of sp³-hybridized carbons (Fsp3) is 0.333. The van der Waals surface area contributed by atoms with Crippen LogP contribution in [0.2, 0.25) is 0 Å². The van der Waals surface area contributed by atoms with Crippen molar-refractivity contribution in [2.24, 2.45) is 0 Å². The van der Waals surface area contributed by atoms with Crippen LogP contribution >= 0.6 is 0 Å². The second kappa shape index (κ2) is 8.11. The van der Waals surface area contributed by atoms with E-state index >= 15 is 0 Å². The number of carbonyl (C=O) groups is 1. The number of anilines is 1. The molecule has 8 heteroatoms. The third kappa shape index (κ3) is 3.72. The van der Waals surface area contributed by atoms with Gasteiger partial charge in [0.25, 0.3) is 0 Å². The number of fused-ring (bicyclic) bond motifs is 1. The van der Waals surface area contributed by atoms with Crippen molar-refractivity contribution in [2.45, 2.75) is 27.3 Å². The van der Waals surface area contributed by atoms with Gasteiger partial charge in [-0.05, 0) is 38.3 Å². The molecule has 5 rings (SSSR count). The number of aromatic nitrogens is 5. The molecule has 32 heavy (non-hydrogen) atoms. The summed E-state index contributed by atoms with van der Waals surface area (Å²) >= 11 is 0. The molecule has 1 aliphatic rings. The summed E-state index contributed by atoms with van der Waals surface area (Å²) in [6.07, 6.45) is 3.79. The molecule has 0 atom stereocenters. The molecule has 0 unspecified atom stereocenters. The molecule has 0 spiro atoms. The quantitative estimate of drug-likeness (QED) is 0.499. The first-order valence-corrected chi connectivity index (χ1v) is 10.9. The number of carbonyl (C=O) groups excluding carboxylic acids is 1. The van der Waals surface area contributed by atoms with Gasteiger partial charge >= 0.3 is 0 Å². The molecule has 1 saturated heterocycles. The number of hydrogen-bond donors (Lipinski definition) is 0. The first-order chi connectivity index (χ1) is 15.5. The Morgan fingerprint density at radius 3 is 2.47 bits per heavy atom. The number of para-hydroxylation sites is 1. The predicted molar refractivity (Wildman–Crippen MR) is 124 cm³/mol. The monoisotopic (exact) mass is 429 g/mol. The summed E-state index contributed by atoms with van der Waals surface area (Å²) in [5, 5.41) is 1.16. The lowest BCUT2D eigenvalue weighted by atomic mass is 10.2. The smallest absolute Gasteiger partial charge is 0.242 e. The normalized spacial score (nSPS) is 14.3. The Balaban J connectivity index is 1.27. The van der Waals surface area contributed by atoms with Gasteiger partial charge in [0.05, 0.1) is 5.69 Å². The van der Waals surface area contributed by atoms with Gasteiger partial charge in [-0.1, -0.05) is 18.2 Å². The maximum Gasteiger partial charge on any atom is 0.242 e. The molecule has 1 fully saturated rings. The fourth-order valence-corrected chi connectivity index (χ4v) is 4.26. The largest absolute Gasteiger partial charge is 0.353 e. The molecule has 1 aromatic carbocycles. The van der Waals surface area contributed by atoms with Gasteiger partial charge in [-0.15, -0.1) is 0 Å². The molecule has 3 aromatic heterocycles. The van der Waals surface area contributed by atoms with Crippen LogP contribution in [-0.2, 0) is 11.3 Å². The zero-order valence-electron chi connectivity index (χ0n) is 18.7. The number of benzene rings is 1. The van der Waals surface area contributed by atoms with Gasteiger partial charge in [0.15, 0.2) is 0 Å². The minimum atomic E-state index is 0.148. The predicted octanol–water partition coefficient (Wildman–Crippen LogP) is 2.89. The maximum atomic E-state index is 12.9. The van der Waals surface area contributed by atoms with Crippen LogP contribution in [0.1, 0.15) is 17.2 Å². The van der Waals surface area contributed by atoms with Gasteiger partial charge in [0.1, 0.15) is 30.3 Å². The lowest BCUT2D eigenvalue weighted by molar-refractivity contribution is -0.132. The summed E-state index contributed by atoms with van der Waals surface area (Å²) < 4.78 is 4.02. The van der Waals surface area contributed by atoms with Crippen molar-refractivity contribution in [3.63, 3.8) is 0 Å². The molecule has 1 aliphatic heterocycles. The minimum absolute atomic E-state index is 0.148. The lowest BCUT2D eigenvalue weighted by Gasteiger charge is -2.35. The van der Waals surface area contributed by atoms with Crippen LogP contribution in [-0.4, -0.2) is 61.1 Å². The number of hydrogen-bond acceptors (Lipinski definition) is 5. The van der Waals surface area contributed by atoms with Crippen LogP contribution in [0.5, 0.6) is 0 Å². The Kier molecular flexibility index (Phi) is 5.13. The van der Waals surface area contributed by atoms with Crippen LogP contribution < -0.4 is 4.90 Å². The Morgan fingerprint density at radius 1 is 0.969 bits per heavy atom.